The fraction of sp³-hybridized carbons (Fsp3) is 0.438. The van der Waals surface area contributed by atoms with Crippen LogP contribution in [0.25, 0.3) is 0 Å². The lowest BCUT2D eigenvalue weighted by Gasteiger charge is -2.15. The van der Waals surface area contributed by atoms with E-state index in [2.05, 4.69) is 41.3 Å². The van der Waals surface area contributed by atoms with Gasteiger partial charge in [-0.2, -0.15) is 0 Å². The second-order valence-corrected chi connectivity index (χ2v) is 5.14. The molecule has 0 aliphatic heterocycles. The van der Waals surface area contributed by atoms with Crippen LogP contribution in [0.4, 0.5) is 0 Å². The summed E-state index contributed by atoms with van der Waals surface area (Å²) >= 11 is 0. The second kappa shape index (κ2) is 7.82. The largest absolute Gasteiger partial charge is 0.472 e. The average molecular weight is 273 g/mol. The van der Waals surface area contributed by atoms with E-state index >= 15 is 0 Å². The van der Waals surface area contributed by atoms with Crippen molar-refractivity contribution in [1.82, 2.24) is 15.2 Å². The Bertz CT molecular complexity index is 479. The van der Waals surface area contributed by atoms with Gasteiger partial charge in [0.15, 0.2) is 0 Å². The van der Waals surface area contributed by atoms with Crippen molar-refractivity contribution >= 4 is 0 Å². The van der Waals surface area contributed by atoms with Gasteiger partial charge < -0.3 is 9.73 Å². The van der Waals surface area contributed by atoms with Crippen molar-refractivity contribution in [3.05, 3.63) is 53.7 Å². The van der Waals surface area contributed by atoms with Crippen LogP contribution in [0.5, 0.6) is 0 Å². The van der Waals surface area contributed by atoms with Gasteiger partial charge in [0.05, 0.1) is 18.2 Å². The summed E-state index contributed by atoms with van der Waals surface area (Å²) < 4.78 is 5.08. The molecule has 0 bridgehead atoms. The fourth-order valence-electron chi connectivity index (χ4n) is 2.09. The molecule has 0 aromatic carbocycles. The number of hydrogen-bond acceptors (Lipinski definition) is 4. The van der Waals surface area contributed by atoms with Crippen LogP contribution in [0.2, 0.25) is 0 Å². The van der Waals surface area contributed by atoms with E-state index in [1.165, 1.54) is 11.1 Å². The highest BCUT2D eigenvalue weighted by atomic mass is 16.3. The molecule has 0 radical (unpaired) electrons. The minimum absolute atomic E-state index is 0.841. The number of furan rings is 1. The Balaban J connectivity index is 1.80. The normalized spacial score (nSPS) is 11.2. The Morgan fingerprint density at radius 2 is 2.10 bits per heavy atom. The van der Waals surface area contributed by atoms with E-state index in [4.69, 9.17) is 4.42 Å². The van der Waals surface area contributed by atoms with Crippen molar-refractivity contribution in [3.63, 3.8) is 0 Å². The number of hydrogen-bond donors (Lipinski definition) is 1. The van der Waals surface area contributed by atoms with Crippen molar-refractivity contribution in [3.8, 4) is 0 Å². The zero-order valence-corrected chi connectivity index (χ0v) is 12.3. The quantitative estimate of drug-likeness (QED) is 0.751. The Kier molecular flexibility index (Phi) is 5.77. The maximum atomic E-state index is 5.08. The molecule has 2 aromatic rings. The van der Waals surface area contributed by atoms with E-state index in [-0.39, 0.29) is 0 Å². The third-order valence-electron chi connectivity index (χ3n) is 3.11. The predicted molar refractivity (Wildman–Crippen MR) is 80.1 cm³/mol. The first-order valence-corrected chi connectivity index (χ1v) is 7.12. The lowest BCUT2D eigenvalue weighted by Crippen LogP contribution is -2.18. The number of pyridine rings is 1. The highest BCUT2D eigenvalue weighted by molar-refractivity contribution is 5.14. The number of rotatable bonds is 8. The van der Waals surface area contributed by atoms with E-state index in [0.29, 0.717) is 0 Å². The molecule has 4 nitrogen and oxygen atoms in total. The molecule has 0 saturated heterocycles. The summed E-state index contributed by atoms with van der Waals surface area (Å²) in [6.07, 6.45) is 6.61. The van der Waals surface area contributed by atoms with Crippen LogP contribution in [-0.4, -0.2) is 23.5 Å². The van der Waals surface area contributed by atoms with Gasteiger partial charge in [-0.1, -0.05) is 13.0 Å². The van der Waals surface area contributed by atoms with Crippen molar-refractivity contribution in [1.29, 1.82) is 0 Å². The maximum absolute atomic E-state index is 5.08. The molecule has 20 heavy (non-hydrogen) atoms. The smallest absolute Gasteiger partial charge is 0.0947 e. The monoisotopic (exact) mass is 273 g/mol. The van der Waals surface area contributed by atoms with Gasteiger partial charge in [-0.15, -0.1) is 0 Å². The third kappa shape index (κ3) is 4.79. The van der Waals surface area contributed by atoms with Gasteiger partial charge in [0, 0.05) is 31.4 Å². The molecule has 1 N–H and O–H groups in total. The van der Waals surface area contributed by atoms with Gasteiger partial charge in [-0.3, -0.25) is 9.88 Å². The van der Waals surface area contributed by atoms with E-state index in [1.807, 2.05) is 12.3 Å². The lowest BCUT2D eigenvalue weighted by molar-refractivity contribution is 0.314. The highest BCUT2D eigenvalue weighted by Gasteiger charge is 2.04. The molecule has 0 aliphatic rings. The zero-order valence-electron chi connectivity index (χ0n) is 12.3. The first-order chi connectivity index (χ1) is 9.78. The minimum Gasteiger partial charge on any atom is -0.472 e. The molecule has 2 rings (SSSR count). The number of aromatic nitrogens is 1. The Labute approximate surface area is 120 Å². The van der Waals surface area contributed by atoms with Crippen LogP contribution < -0.4 is 5.32 Å². The Morgan fingerprint density at radius 1 is 1.20 bits per heavy atom. The summed E-state index contributed by atoms with van der Waals surface area (Å²) in [6.45, 7) is 5.83. The van der Waals surface area contributed by atoms with Gasteiger partial charge in [-0.25, -0.2) is 0 Å². The zero-order chi connectivity index (χ0) is 14.2. The molecule has 0 amide bonds. The van der Waals surface area contributed by atoms with Crippen molar-refractivity contribution in [2.75, 3.05) is 13.6 Å². The second-order valence-electron chi connectivity index (χ2n) is 5.14. The van der Waals surface area contributed by atoms with E-state index in [9.17, 15) is 0 Å². The number of nitrogens with zero attached hydrogens (tertiary/aromatic N) is 2. The predicted octanol–water partition coefficient (Wildman–Crippen LogP) is 2.81. The minimum atomic E-state index is 0.841. The van der Waals surface area contributed by atoms with E-state index in [1.54, 1.807) is 12.5 Å². The molecule has 0 saturated carbocycles. The highest BCUT2D eigenvalue weighted by Crippen LogP contribution is 2.08. The van der Waals surface area contributed by atoms with Crippen molar-refractivity contribution < 1.29 is 4.42 Å². The van der Waals surface area contributed by atoms with Gasteiger partial charge >= 0.3 is 0 Å². The van der Waals surface area contributed by atoms with Gasteiger partial charge in [0.1, 0.15) is 0 Å². The van der Waals surface area contributed by atoms with Gasteiger partial charge in [0.25, 0.3) is 0 Å². The lowest BCUT2D eigenvalue weighted by atomic mass is 10.2. The van der Waals surface area contributed by atoms with Crippen LogP contribution in [0, 0.1) is 0 Å². The molecule has 2 aromatic heterocycles. The topological polar surface area (TPSA) is 41.3 Å². The molecule has 0 aliphatic carbocycles. The third-order valence-corrected chi connectivity index (χ3v) is 3.11. The molecule has 4 heteroatoms. The summed E-state index contributed by atoms with van der Waals surface area (Å²) in [4.78, 5) is 6.75. The number of nitrogens with one attached hydrogen (secondary N) is 1. The Morgan fingerprint density at radius 3 is 2.75 bits per heavy atom. The summed E-state index contributed by atoms with van der Waals surface area (Å²) in [5, 5.41) is 3.38. The summed E-state index contributed by atoms with van der Waals surface area (Å²) in [6, 6.07) is 6.25. The SMILES string of the molecule is CCCNCc1ccc(CN(C)Cc2ccoc2)nc1. The van der Waals surface area contributed by atoms with E-state index < -0.39 is 0 Å². The molecular formula is C16H23N3O. The molecule has 2 heterocycles. The van der Waals surface area contributed by atoms with Crippen LogP contribution in [-0.2, 0) is 19.6 Å². The van der Waals surface area contributed by atoms with E-state index in [0.717, 1.165) is 38.3 Å². The van der Waals surface area contributed by atoms with Crippen LogP contribution >= 0.6 is 0 Å². The average Bonchev–Trinajstić information content (AvgIpc) is 2.94. The summed E-state index contributed by atoms with van der Waals surface area (Å²) in [7, 11) is 2.09. The maximum Gasteiger partial charge on any atom is 0.0947 e. The Hall–Kier alpha value is -1.65. The van der Waals surface area contributed by atoms with Crippen LogP contribution in [0.3, 0.4) is 0 Å². The standard InChI is InChI=1S/C16H23N3O/c1-3-7-17-9-14-4-5-16(18-10-14)12-19(2)11-15-6-8-20-13-15/h4-6,8,10,13,17H,3,7,9,11-12H2,1-2H3. The molecule has 0 spiro atoms. The molecule has 0 fully saturated rings. The summed E-state index contributed by atoms with van der Waals surface area (Å²) in [5.74, 6) is 0. The van der Waals surface area contributed by atoms with Crippen LogP contribution in [0.1, 0.15) is 30.2 Å². The first kappa shape index (κ1) is 14.8. The fourth-order valence-corrected chi connectivity index (χ4v) is 2.09. The molecular weight excluding hydrogens is 250 g/mol. The van der Waals surface area contributed by atoms with Crippen molar-refractivity contribution in [2.24, 2.45) is 0 Å². The molecule has 108 valence electrons. The van der Waals surface area contributed by atoms with Gasteiger partial charge in [0.2, 0.25) is 0 Å². The van der Waals surface area contributed by atoms with Crippen molar-refractivity contribution in [2.45, 2.75) is 33.0 Å². The summed E-state index contributed by atoms with van der Waals surface area (Å²) in [5.41, 5.74) is 3.52. The molecule has 0 atom stereocenters. The first-order valence-electron chi connectivity index (χ1n) is 7.12. The van der Waals surface area contributed by atoms with Crippen LogP contribution in [0.15, 0.2) is 41.3 Å². The molecule has 0 unspecified atom stereocenters. The van der Waals surface area contributed by atoms with Gasteiger partial charge in [-0.05, 0) is 37.7 Å².